The van der Waals surface area contributed by atoms with Gasteiger partial charge in [-0.05, 0) is 40.5 Å². The first-order valence-electron chi connectivity index (χ1n) is 4.84. The molecule has 2 rings (SSSR count). The summed E-state index contributed by atoms with van der Waals surface area (Å²) in [6.45, 7) is 2.72. The van der Waals surface area contributed by atoms with Crippen molar-refractivity contribution in [1.82, 2.24) is 4.98 Å². The number of hydrogen-bond acceptors (Lipinski definition) is 4. The van der Waals surface area contributed by atoms with Crippen LogP contribution >= 0.6 is 27.3 Å². The number of rotatable bonds is 3. The van der Waals surface area contributed by atoms with Gasteiger partial charge in [-0.3, -0.25) is 0 Å². The third kappa shape index (κ3) is 2.74. The molecule has 2 aromatic rings. The lowest BCUT2D eigenvalue weighted by Crippen LogP contribution is -2.03. The number of pyridine rings is 1. The fourth-order valence-electron chi connectivity index (χ4n) is 1.36. The summed E-state index contributed by atoms with van der Waals surface area (Å²) in [5, 5.41) is 5.28. The summed E-state index contributed by atoms with van der Waals surface area (Å²) in [5.74, 6) is 0.745. The fraction of sp³-hybridized carbons (Fsp3) is 0.182. The highest BCUT2D eigenvalue weighted by Gasteiger charge is 2.02. The van der Waals surface area contributed by atoms with Crippen molar-refractivity contribution >= 4 is 38.8 Å². The van der Waals surface area contributed by atoms with Gasteiger partial charge in [-0.1, -0.05) is 0 Å². The van der Waals surface area contributed by atoms with E-state index in [1.165, 1.54) is 4.88 Å². The molecule has 3 nitrogen and oxygen atoms in total. The van der Waals surface area contributed by atoms with Crippen molar-refractivity contribution in [3.63, 3.8) is 0 Å². The van der Waals surface area contributed by atoms with Gasteiger partial charge in [-0.25, -0.2) is 4.98 Å². The first kappa shape index (κ1) is 11.4. The minimum Gasteiger partial charge on any atom is -0.396 e. The SMILES string of the molecule is Cc1cnc(NCc2cc(Br)cs2)c(N)c1. The molecule has 0 amide bonds. The number of aryl methyl sites for hydroxylation is 1. The van der Waals surface area contributed by atoms with Crippen molar-refractivity contribution in [3.8, 4) is 0 Å². The van der Waals surface area contributed by atoms with Gasteiger partial charge in [0.25, 0.3) is 0 Å². The second-order valence-corrected chi connectivity index (χ2v) is 5.45. The zero-order valence-electron chi connectivity index (χ0n) is 8.83. The van der Waals surface area contributed by atoms with Crippen molar-refractivity contribution in [2.24, 2.45) is 0 Å². The van der Waals surface area contributed by atoms with Crippen LogP contribution in [0.15, 0.2) is 28.2 Å². The maximum absolute atomic E-state index is 5.86. The van der Waals surface area contributed by atoms with E-state index in [1.54, 1.807) is 11.3 Å². The summed E-state index contributed by atoms with van der Waals surface area (Å²) in [6.07, 6.45) is 1.81. The summed E-state index contributed by atoms with van der Waals surface area (Å²) in [5.41, 5.74) is 7.62. The van der Waals surface area contributed by atoms with Crippen LogP contribution in [0, 0.1) is 6.92 Å². The summed E-state index contributed by atoms with van der Waals surface area (Å²) in [6, 6.07) is 4.00. The van der Waals surface area contributed by atoms with Crippen molar-refractivity contribution in [2.75, 3.05) is 11.1 Å². The van der Waals surface area contributed by atoms with E-state index < -0.39 is 0 Å². The maximum atomic E-state index is 5.86. The zero-order chi connectivity index (χ0) is 11.5. The van der Waals surface area contributed by atoms with Gasteiger partial charge in [0.2, 0.25) is 0 Å². The first-order chi connectivity index (χ1) is 7.65. The molecule has 0 atom stereocenters. The summed E-state index contributed by atoms with van der Waals surface area (Å²) in [4.78, 5) is 5.50. The number of thiophene rings is 1. The molecule has 0 radical (unpaired) electrons. The Balaban J connectivity index is 2.04. The molecule has 0 spiro atoms. The van der Waals surface area contributed by atoms with E-state index in [0.29, 0.717) is 5.69 Å². The number of aromatic nitrogens is 1. The van der Waals surface area contributed by atoms with Gasteiger partial charge in [0, 0.05) is 20.9 Å². The van der Waals surface area contributed by atoms with Crippen LogP contribution in [0.5, 0.6) is 0 Å². The monoisotopic (exact) mass is 297 g/mol. The number of nitrogens with zero attached hydrogens (tertiary/aromatic N) is 1. The number of halogens is 1. The Labute approximate surface area is 107 Å². The van der Waals surface area contributed by atoms with Crippen molar-refractivity contribution in [3.05, 3.63) is 38.6 Å². The molecule has 5 heteroatoms. The number of nitrogen functional groups attached to an aromatic ring is 1. The number of nitrogens with one attached hydrogen (secondary N) is 1. The Bertz CT molecular complexity index is 496. The van der Waals surface area contributed by atoms with Crippen LogP contribution in [0.2, 0.25) is 0 Å². The van der Waals surface area contributed by atoms with Gasteiger partial charge in [0.05, 0.1) is 12.2 Å². The van der Waals surface area contributed by atoms with Crippen molar-refractivity contribution in [1.29, 1.82) is 0 Å². The smallest absolute Gasteiger partial charge is 0.149 e. The average Bonchev–Trinajstić information content (AvgIpc) is 2.63. The minimum absolute atomic E-state index is 0.690. The van der Waals surface area contributed by atoms with Crippen LogP contribution in [0.4, 0.5) is 11.5 Å². The maximum Gasteiger partial charge on any atom is 0.149 e. The molecule has 0 fully saturated rings. The van der Waals surface area contributed by atoms with Gasteiger partial charge in [0.1, 0.15) is 5.82 Å². The van der Waals surface area contributed by atoms with Crippen molar-refractivity contribution in [2.45, 2.75) is 13.5 Å². The number of nitrogens with two attached hydrogens (primary N) is 1. The van der Waals surface area contributed by atoms with E-state index in [0.717, 1.165) is 22.4 Å². The Hall–Kier alpha value is -1.07. The molecule has 84 valence electrons. The van der Waals surface area contributed by atoms with Gasteiger partial charge in [0.15, 0.2) is 0 Å². The highest BCUT2D eigenvalue weighted by molar-refractivity contribution is 9.10. The predicted octanol–water partition coefficient (Wildman–Crippen LogP) is 3.41. The highest BCUT2D eigenvalue weighted by atomic mass is 79.9. The number of hydrogen-bond donors (Lipinski definition) is 2. The van der Waals surface area contributed by atoms with Gasteiger partial charge in [-0.2, -0.15) is 0 Å². The molecular formula is C11H12BrN3S. The molecule has 2 aromatic heterocycles. The Morgan fingerprint density at radius 2 is 2.31 bits per heavy atom. The molecule has 0 aliphatic heterocycles. The summed E-state index contributed by atoms with van der Waals surface area (Å²) in [7, 11) is 0. The van der Waals surface area contributed by atoms with Gasteiger partial charge in [-0.15, -0.1) is 11.3 Å². The lowest BCUT2D eigenvalue weighted by molar-refractivity contribution is 1.13. The van der Waals surface area contributed by atoms with Crippen LogP contribution in [-0.2, 0) is 6.54 Å². The predicted molar refractivity (Wildman–Crippen MR) is 72.7 cm³/mol. The fourth-order valence-corrected chi connectivity index (χ4v) is 2.75. The topological polar surface area (TPSA) is 50.9 Å². The first-order valence-corrected chi connectivity index (χ1v) is 6.51. The summed E-state index contributed by atoms with van der Waals surface area (Å²) >= 11 is 5.12. The van der Waals surface area contributed by atoms with E-state index in [9.17, 15) is 0 Å². The summed E-state index contributed by atoms with van der Waals surface area (Å²) < 4.78 is 1.11. The lowest BCUT2D eigenvalue weighted by Gasteiger charge is -2.07. The van der Waals surface area contributed by atoms with Crippen molar-refractivity contribution < 1.29 is 0 Å². The van der Waals surface area contributed by atoms with E-state index in [4.69, 9.17) is 5.73 Å². The molecule has 0 aliphatic rings. The second kappa shape index (κ2) is 4.84. The zero-order valence-corrected chi connectivity index (χ0v) is 11.2. The van der Waals surface area contributed by atoms with E-state index >= 15 is 0 Å². The molecule has 16 heavy (non-hydrogen) atoms. The normalized spacial score (nSPS) is 10.4. The van der Waals surface area contributed by atoms with Crippen LogP contribution in [-0.4, -0.2) is 4.98 Å². The van der Waals surface area contributed by atoms with Crippen LogP contribution < -0.4 is 11.1 Å². The van der Waals surface area contributed by atoms with Gasteiger partial charge < -0.3 is 11.1 Å². The van der Waals surface area contributed by atoms with Crippen LogP contribution in [0.25, 0.3) is 0 Å². The third-order valence-electron chi connectivity index (χ3n) is 2.11. The van der Waals surface area contributed by atoms with E-state index in [1.807, 2.05) is 19.2 Å². The molecule has 0 unspecified atom stereocenters. The van der Waals surface area contributed by atoms with Crippen LogP contribution in [0.1, 0.15) is 10.4 Å². The second-order valence-electron chi connectivity index (χ2n) is 3.54. The Morgan fingerprint density at radius 3 is 2.94 bits per heavy atom. The minimum atomic E-state index is 0.690. The molecule has 3 N–H and O–H groups in total. The Kier molecular flexibility index (Phi) is 3.46. The van der Waals surface area contributed by atoms with Crippen LogP contribution in [0.3, 0.4) is 0 Å². The lowest BCUT2D eigenvalue weighted by atomic mass is 10.3. The molecular weight excluding hydrogens is 286 g/mol. The largest absolute Gasteiger partial charge is 0.396 e. The van der Waals surface area contributed by atoms with E-state index in [-0.39, 0.29) is 0 Å². The average molecular weight is 298 g/mol. The molecule has 0 aliphatic carbocycles. The Morgan fingerprint density at radius 1 is 1.50 bits per heavy atom. The van der Waals surface area contributed by atoms with E-state index in [2.05, 4.69) is 37.7 Å². The third-order valence-corrected chi connectivity index (χ3v) is 3.80. The quantitative estimate of drug-likeness (QED) is 0.913. The highest BCUT2D eigenvalue weighted by Crippen LogP contribution is 2.22. The molecule has 2 heterocycles. The standard InChI is InChI=1S/C11H12BrN3S/c1-7-2-10(13)11(14-4-7)15-5-9-3-8(12)6-16-9/h2-4,6H,5,13H2,1H3,(H,14,15). The number of anilines is 2. The molecule has 0 bridgehead atoms. The molecule has 0 saturated heterocycles. The van der Waals surface area contributed by atoms with Gasteiger partial charge >= 0.3 is 0 Å². The molecule has 0 aromatic carbocycles. The molecule has 0 saturated carbocycles.